The van der Waals surface area contributed by atoms with Crippen LogP contribution in [0.25, 0.3) is 5.69 Å². The molecule has 180 valence electrons. The molecule has 2 aromatic carbocycles. The van der Waals surface area contributed by atoms with Gasteiger partial charge in [0, 0.05) is 16.8 Å². The van der Waals surface area contributed by atoms with Crippen molar-refractivity contribution in [3.63, 3.8) is 0 Å². The Morgan fingerprint density at radius 3 is 2.50 bits per heavy atom. The number of hydrogen-bond donors (Lipinski definition) is 2. The molecule has 0 bridgehead atoms. The summed E-state index contributed by atoms with van der Waals surface area (Å²) in [6.45, 7) is 5.57. The maximum Gasteiger partial charge on any atom is 0.416 e. The number of nitrogens with zero attached hydrogens (tertiary/aromatic N) is 2. The van der Waals surface area contributed by atoms with Crippen LogP contribution in [0.3, 0.4) is 0 Å². The lowest BCUT2D eigenvalue weighted by Gasteiger charge is -2.15. The average Bonchev–Trinajstić information content (AvgIpc) is 3.19. The second kappa shape index (κ2) is 10.4. The molecule has 1 unspecified atom stereocenters. The minimum atomic E-state index is -4.46. The lowest BCUT2D eigenvalue weighted by molar-refractivity contribution is -0.137. The third-order valence-electron chi connectivity index (χ3n) is 5.15. The molecule has 0 fully saturated rings. The van der Waals surface area contributed by atoms with Gasteiger partial charge in [-0.3, -0.25) is 9.59 Å². The molecule has 10 heteroatoms. The summed E-state index contributed by atoms with van der Waals surface area (Å²) < 4.78 is 45.8. The van der Waals surface area contributed by atoms with E-state index in [2.05, 4.69) is 15.7 Å². The van der Waals surface area contributed by atoms with E-state index in [0.29, 0.717) is 29.2 Å². The molecule has 3 aromatic rings. The number of benzene rings is 2. The highest BCUT2D eigenvalue weighted by Gasteiger charge is 2.30. The van der Waals surface area contributed by atoms with Crippen molar-refractivity contribution >= 4 is 11.8 Å². The predicted molar refractivity (Wildman–Crippen MR) is 120 cm³/mol. The first-order valence-corrected chi connectivity index (χ1v) is 10.6. The van der Waals surface area contributed by atoms with Crippen molar-refractivity contribution in [3.05, 3.63) is 77.1 Å². The number of ether oxygens (including phenoxy) is 1. The fourth-order valence-corrected chi connectivity index (χ4v) is 3.42. The molecule has 1 atom stereocenters. The van der Waals surface area contributed by atoms with E-state index in [9.17, 15) is 22.8 Å². The average molecular weight is 474 g/mol. The van der Waals surface area contributed by atoms with Crippen LogP contribution in [0.1, 0.15) is 47.1 Å². The van der Waals surface area contributed by atoms with Crippen LogP contribution in [0, 0.1) is 6.92 Å². The molecule has 3 rings (SSSR count). The summed E-state index contributed by atoms with van der Waals surface area (Å²) in [5, 5.41) is 9.51. The standard InChI is InChI=1S/C24H25F3N4O3/c1-4-34-20-10-8-17(9-11-20)23(33)28-14-22(32)30-15(2)21-13-29-31(16(21)3)19-7-5-6-18(12-19)24(25,26)27/h5-13,15H,4,14H2,1-3H3,(H,28,33)(H,30,32). The van der Waals surface area contributed by atoms with Gasteiger partial charge < -0.3 is 15.4 Å². The maximum absolute atomic E-state index is 13.0. The van der Waals surface area contributed by atoms with Crippen molar-refractivity contribution in [1.29, 1.82) is 0 Å². The summed E-state index contributed by atoms with van der Waals surface area (Å²) in [6.07, 6.45) is -2.96. The molecule has 0 aliphatic carbocycles. The van der Waals surface area contributed by atoms with Crippen molar-refractivity contribution < 1.29 is 27.5 Å². The van der Waals surface area contributed by atoms with Gasteiger partial charge in [0.2, 0.25) is 5.91 Å². The molecular formula is C24H25F3N4O3. The first kappa shape index (κ1) is 24.8. The number of aromatic nitrogens is 2. The fraction of sp³-hybridized carbons (Fsp3) is 0.292. The highest BCUT2D eigenvalue weighted by molar-refractivity contribution is 5.96. The second-order valence-electron chi connectivity index (χ2n) is 7.57. The molecule has 0 spiro atoms. The number of amides is 2. The summed E-state index contributed by atoms with van der Waals surface area (Å²) >= 11 is 0. The molecule has 0 radical (unpaired) electrons. The molecule has 34 heavy (non-hydrogen) atoms. The minimum Gasteiger partial charge on any atom is -0.494 e. The van der Waals surface area contributed by atoms with E-state index in [1.54, 1.807) is 38.1 Å². The van der Waals surface area contributed by atoms with E-state index in [4.69, 9.17) is 4.74 Å². The molecule has 2 N–H and O–H groups in total. The van der Waals surface area contributed by atoms with E-state index in [-0.39, 0.29) is 12.2 Å². The Morgan fingerprint density at radius 1 is 1.15 bits per heavy atom. The molecule has 0 saturated carbocycles. The van der Waals surface area contributed by atoms with Gasteiger partial charge in [-0.1, -0.05) is 6.07 Å². The summed E-state index contributed by atoms with van der Waals surface area (Å²) in [7, 11) is 0. The number of carbonyl (C=O) groups excluding carboxylic acids is 2. The van der Waals surface area contributed by atoms with Gasteiger partial charge in [0.25, 0.3) is 5.91 Å². The molecule has 1 aromatic heterocycles. The zero-order valence-electron chi connectivity index (χ0n) is 18.9. The van der Waals surface area contributed by atoms with Crippen LogP contribution >= 0.6 is 0 Å². The quantitative estimate of drug-likeness (QED) is 0.512. The van der Waals surface area contributed by atoms with Gasteiger partial charge in [-0.05, 0) is 63.2 Å². The van der Waals surface area contributed by atoms with Gasteiger partial charge in [0.1, 0.15) is 5.75 Å². The highest BCUT2D eigenvalue weighted by atomic mass is 19.4. The van der Waals surface area contributed by atoms with Crippen LogP contribution in [-0.2, 0) is 11.0 Å². The van der Waals surface area contributed by atoms with Crippen molar-refractivity contribution in [3.8, 4) is 11.4 Å². The molecule has 0 aliphatic rings. The van der Waals surface area contributed by atoms with E-state index in [0.717, 1.165) is 12.1 Å². The Labute approximate surface area is 194 Å². The largest absolute Gasteiger partial charge is 0.494 e. The van der Waals surface area contributed by atoms with Crippen LogP contribution in [-0.4, -0.2) is 34.7 Å². The zero-order chi connectivity index (χ0) is 24.9. The number of halogens is 3. The van der Waals surface area contributed by atoms with Crippen LogP contribution in [0.4, 0.5) is 13.2 Å². The van der Waals surface area contributed by atoms with Gasteiger partial charge in [0.15, 0.2) is 0 Å². The molecule has 7 nitrogen and oxygen atoms in total. The summed E-state index contributed by atoms with van der Waals surface area (Å²) in [5.41, 5.74) is 1.11. The number of rotatable bonds is 8. The number of nitrogens with one attached hydrogen (secondary N) is 2. The summed E-state index contributed by atoms with van der Waals surface area (Å²) in [6, 6.07) is 10.9. The highest BCUT2D eigenvalue weighted by Crippen LogP contribution is 2.31. The van der Waals surface area contributed by atoms with Gasteiger partial charge in [-0.25, -0.2) is 4.68 Å². The number of hydrogen-bond acceptors (Lipinski definition) is 4. The van der Waals surface area contributed by atoms with Crippen LogP contribution in [0.5, 0.6) is 5.75 Å². The second-order valence-corrected chi connectivity index (χ2v) is 7.57. The van der Waals surface area contributed by atoms with Crippen molar-refractivity contribution in [2.24, 2.45) is 0 Å². The Morgan fingerprint density at radius 2 is 1.85 bits per heavy atom. The number of carbonyl (C=O) groups is 2. The molecule has 0 aliphatic heterocycles. The Bertz CT molecular complexity index is 1160. The van der Waals surface area contributed by atoms with Crippen molar-refractivity contribution in [2.45, 2.75) is 33.0 Å². The minimum absolute atomic E-state index is 0.239. The van der Waals surface area contributed by atoms with Crippen molar-refractivity contribution in [1.82, 2.24) is 20.4 Å². The topological polar surface area (TPSA) is 85.2 Å². The fourth-order valence-electron chi connectivity index (χ4n) is 3.42. The van der Waals surface area contributed by atoms with Gasteiger partial charge in [-0.15, -0.1) is 0 Å². The lowest BCUT2D eigenvalue weighted by Crippen LogP contribution is -2.38. The van der Waals surface area contributed by atoms with E-state index < -0.39 is 29.6 Å². The van der Waals surface area contributed by atoms with E-state index in [1.807, 2.05) is 6.92 Å². The van der Waals surface area contributed by atoms with E-state index >= 15 is 0 Å². The molecular weight excluding hydrogens is 449 g/mol. The Balaban J connectivity index is 1.60. The van der Waals surface area contributed by atoms with Gasteiger partial charge in [0.05, 0.1) is 36.6 Å². The van der Waals surface area contributed by atoms with Gasteiger partial charge >= 0.3 is 6.18 Å². The predicted octanol–water partition coefficient (Wildman–Crippen LogP) is 4.21. The SMILES string of the molecule is CCOc1ccc(C(=O)NCC(=O)NC(C)c2cnn(-c3cccc(C(F)(F)F)c3)c2C)cc1. The third-order valence-corrected chi connectivity index (χ3v) is 5.15. The summed E-state index contributed by atoms with van der Waals surface area (Å²) in [5.74, 6) is -0.177. The van der Waals surface area contributed by atoms with Crippen LogP contribution in [0.2, 0.25) is 0 Å². The first-order chi connectivity index (χ1) is 16.1. The maximum atomic E-state index is 13.0. The van der Waals surface area contributed by atoms with E-state index in [1.165, 1.54) is 23.0 Å². The zero-order valence-corrected chi connectivity index (χ0v) is 18.9. The Hall–Kier alpha value is -3.82. The number of alkyl halides is 3. The Kier molecular flexibility index (Phi) is 7.60. The van der Waals surface area contributed by atoms with Crippen LogP contribution in [0.15, 0.2) is 54.7 Å². The normalized spacial score (nSPS) is 12.2. The molecule has 1 heterocycles. The molecule has 0 saturated heterocycles. The summed E-state index contributed by atoms with van der Waals surface area (Å²) in [4.78, 5) is 24.6. The molecule has 2 amide bonds. The third kappa shape index (κ3) is 5.94. The van der Waals surface area contributed by atoms with Crippen molar-refractivity contribution in [2.75, 3.05) is 13.2 Å². The monoisotopic (exact) mass is 474 g/mol. The lowest BCUT2D eigenvalue weighted by atomic mass is 10.1. The smallest absolute Gasteiger partial charge is 0.416 e. The van der Waals surface area contributed by atoms with Crippen LogP contribution < -0.4 is 15.4 Å². The first-order valence-electron chi connectivity index (χ1n) is 10.6. The van der Waals surface area contributed by atoms with Gasteiger partial charge in [-0.2, -0.15) is 18.3 Å².